The molecular formula is C12H25N3O2. The van der Waals surface area contributed by atoms with Gasteiger partial charge in [0.1, 0.15) is 5.54 Å². The summed E-state index contributed by atoms with van der Waals surface area (Å²) in [5.74, 6) is -0.365. The summed E-state index contributed by atoms with van der Waals surface area (Å²) in [7, 11) is 0. The quantitative estimate of drug-likeness (QED) is 0.632. The molecule has 0 saturated carbocycles. The topological polar surface area (TPSA) is 70.2 Å². The predicted molar refractivity (Wildman–Crippen MR) is 68.7 cm³/mol. The Morgan fingerprint density at radius 3 is 1.82 bits per heavy atom. The molecule has 0 fully saturated rings. The molecule has 0 rings (SSSR count). The van der Waals surface area contributed by atoms with Crippen LogP contribution in [0.1, 0.15) is 41.5 Å². The molecule has 2 amide bonds. The Bertz CT molecular complexity index is 285. The van der Waals surface area contributed by atoms with Gasteiger partial charge >= 0.3 is 0 Å². The van der Waals surface area contributed by atoms with Crippen molar-refractivity contribution < 1.29 is 9.59 Å². The van der Waals surface area contributed by atoms with Crippen molar-refractivity contribution in [3.63, 3.8) is 0 Å². The van der Waals surface area contributed by atoms with Gasteiger partial charge in [0.2, 0.25) is 11.8 Å². The molecule has 0 bridgehead atoms. The van der Waals surface area contributed by atoms with E-state index in [1.54, 1.807) is 27.7 Å². The summed E-state index contributed by atoms with van der Waals surface area (Å²) < 4.78 is 0. The lowest BCUT2D eigenvalue weighted by molar-refractivity contribution is -0.135. The lowest BCUT2D eigenvalue weighted by Crippen LogP contribution is -2.62. The van der Waals surface area contributed by atoms with Crippen LogP contribution in [0, 0.1) is 0 Å². The monoisotopic (exact) mass is 243 g/mol. The number of likely N-dealkylation sites (N-methyl/N-ethyl adjacent to an activating group) is 2. The Balaban J connectivity index is 4.61. The molecule has 0 aliphatic heterocycles. The first-order valence-electron chi connectivity index (χ1n) is 6.03. The zero-order valence-electron chi connectivity index (χ0n) is 11.7. The highest BCUT2D eigenvalue weighted by atomic mass is 16.2. The van der Waals surface area contributed by atoms with Crippen LogP contribution in [0.15, 0.2) is 0 Å². The number of amides is 2. The second-order valence-corrected chi connectivity index (χ2v) is 5.09. The number of rotatable bonds is 6. The second-order valence-electron chi connectivity index (χ2n) is 5.09. The Kier molecular flexibility index (Phi) is 5.61. The van der Waals surface area contributed by atoms with Crippen molar-refractivity contribution in [1.82, 2.24) is 16.0 Å². The van der Waals surface area contributed by atoms with Crippen molar-refractivity contribution in [2.45, 2.75) is 52.6 Å². The maximum absolute atomic E-state index is 12.0. The van der Waals surface area contributed by atoms with Gasteiger partial charge in [-0.05, 0) is 41.2 Å². The van der Waals surface area contributed by atoms with E-state index in [9.17, 15) is 9.59 Å². The average Bonchev–Trinajstić information content (AvgIpc) is 2.17. The number of nitrogens with one attached hydrogen (secondary N) is 3. The van der Waals surface area contributed by atoms with Crippen molar-refractivity contribution in [2.75, 3.05) is 13.1 Å². The minimum atomic E-state index is -0.903. The van der Waals surface area contributed by atoms with Gasteiger partial charge in [-0.3, -0.25) is 9.59 Å². The van der Waals surface area contributed by atoms with E-state index in [4.69, 9.17) is 0 Å². The Labute approximate surface area is 104 Å². The van der Waals surface area contributed by atoms with Crippen LogP contribution in [0.5, 0.6) is 0 Å². The smallest absolute Gasteiger partial charge is 0.245 e. The molecule has 0 aromatic rings. The van der Waals surface area contributed by atoms with Crippen LogP contribution in [-0.4, -0.2) is 36.0 Å². The molecule has 17 heavy (non-hydrogen) atoms. The van der Waals surface area contributed by atoms with Gasteiger partial charge in [0, 0.05) is 6.54 Å². The maximum Gasteiger partial charge on any atom is 0.245 e. The molecule has 0 unspecified atom stereocenters. The summed E-state index contributed by atoms with van der Waals surface area (Å²) in [6.45, 7) is 12.0. The fraction of sp³-hybridized carbons (Fsp3) is 0.833. The van der Waals surface area contributed by atoms with Crippen LogP contribution in [0.2, 0.25) is 0 Å². The first kappa shape index (κ1) is 15.9. The van der Waals surface area contributed by atoms with Gasteiger partial charge in [-0.25, -0.2) is 0 Å². The van der Waals surface area contributed by atoms with Gasteiger partial charge in [-0.1, -0.05) is 6.92 Å². The van der Waals surface area contributed by atoms with Crippen LogP contribution in [-0.2, 0) is 9.59 Å². The molecule has 0 saturated heterocycles. The number of carbonyl (C=O) groups is 2. The fourth-order valence-electron chi connectivity index (χ4n) is 1.40. The minimum absolute atomic E-state index is 0.180. The maximum atomic E-state index is 12.0. The Hall–Kier alpha value is -1.10. The molecule has 0 aliphatic carbocycles. The van der Waals surface area contributed by atoms with Crippen molar-refractivity contribution in [1.29, 1.82) is 0 Å². The van der Waals surface area contributed by atoms with E-state index < -0.39 is 11.1 Å². The SMILES string of the molecule is CCNC(=O)C(C)(C)NC(=O)C(C)(C)NCC. The molecule has 5 heteroatoms. The summed E-state index contributed by atoms with van der Waals surface area (Å²) in [4.78, 5) is 23.8. The van der Waals surface area contributed by atoms with Gasteiger partial charge in [0.15, 0.2) is 0 Å². The van der Waals surface area contributed by atoms with Crippen molar-refractivity contribution >= 4 is 11.8 Å². The van der Waals surface area contributed by atoms with Crippen LogP contribution in [0.4, 0.5) is 0 Å². The lowest BCUT2D eigenvalue weighted by Gasteiger charge is -2.31. The van der Waals surface area contributed by atoms with Gasteiger partial charge in [0.05, 0.1) is 5.54 Å². The van der Waals surface area contributed by atoms with Gasteiger partial charge in [-0.2, -0.15) is 0 Å². The van der Waals surface area contributed by atoms with Crippen LogP contribution < -0.4 is 16.0 Å². The standard InChI is InChI=1S/C12H25N3O2/c1-7-13-9(16)12(5,6)15-10(17)11(3,4)14-8-2/h14H,7-8H2,1-6H3,(H,13,16)(H,15,17). The lowest BCUT2D eigenvalue weighted by atomic mass is 9.99. The van der Waals surface area contributed by atoms with Gasteiger partial charge in [-0.15, -0.1) is 0 Å². The molecule has 5 nitrogen and oxygen atoms in total. The molecule has 0 atom stereocenters. The van der Waals surface area contributed by atoms with Gasteiger partial charge < -0.3 is 16.0 Å². The van der Waals surface area contributed by atoms with Gasteiger partial charge in [0.25, 0.3) is 0 Å². The summed E-state index contributed by atoms with van der Waals surface area (Å²) in [6.07, 6.45) is 0. The normalized spacial score (nSPS) is 12.1. The summed E-state index contributed by atoms with van der Waals surface area (Å²) in [5.41, 5.74) is -1.59. The molecule has 3 N–H and O–H groups in total. The first-order chi connectivity index (χ1) is 7.67. The highest BCUT2D eigenvalue weighted by molar-refractivity contribution is 5.93. The third-order valence-corrected chi connectivity index (χ3v) is 2.52. The summed E-state index contributed by atoms with van der Waals surface area (Å²) >= 11 is 0. The zero-order valence-corrected chi connectivity index (χ0v) is 11.7. The number of hydrogen-bond donors (Lipinski definition) is 3. The molecule has 0 aromatic heterocycles. The fourth-order valence-corrected chi connectivity index (χ4v) is 1.40. The Morgan fingerprint density at radius 2 is 1.41 bits per heavy atom. The predicted octanol–water partition coefficient (Wildman–Crippen LogP) is 0.405. The number of hydrogen-bond acceptors (Lipinski definition) is 3. The average molecular weight is 243 g/mol. The van der Waals surface area contributed by atoms with Crippen molar-refractivity contribution in [3.8, 4) is 0 Å². The van der Waals surface area contributed by atoms with Crippen LogP contribution in [0.3, 0.4) is 0 Å². The molecule has 0 radical (unpaired) electrons. The van der Waals surface area contributed by atoms with E-state index in [0.717, 1.165) is 0 Å². The molecule has 100 valence electrons. The third-order valence-electron chi connectivity index (χ3n) is 2.52. The zero-order chi connectivity index (χ0) is 13.7. The van der Waals surface area contributed by atoms with Crippen molar-refractivity contribution in [3.05, 3.63) is 0 Å². The summed E-state index contributed by atoms with van der Waals surface area (Å²) in [6, 6.07) is 0. The van der Waals surface area contributed by atoms with Crippen molar-refractivity contribution in [2.24, 2.45) is 0 Å². The molecule has 0 aliphatic rings. The largest absolute Gasteiger partial charge is 0.354 e. The number of carbonyl (C=O) groups excluding carboxylic acids is 2. The highest BCUT2D eigenvalue weighted by Crippen LogP contribution is 2.08. The minimum Gasteiger partial charge on any atom is -0.354 e. The first-order valence-corrected chi connectivity index (χ1v) is 6.03. The van der Waals surface area contributed by atoms with E-state index in [2.05, 4.69) is 16.0 Å². The van der Waals surface area contributed by atoms with Crippen LogP contribution >= 0.6 is 0 Å². The van der Waals surface area contributed by atoms with E-state index in [1.165, 1.54) is 0 Å². The second kappa shape index (κ2) is 6.00. The molecule has 0 aromatic carbocycles. The van der Waals surface area contributed by atoms with E-state index in [-0.39, 0.29) is 11.8 Å². The molecule has 0 heterocycles. The van der Waals surface area contributed by atoms with Crippen LogP contribution in [0.25, 0.3) is 0 Å². The summed E-state index contributed by atoms with van der Waals surface area (Å²) in [5, 5.41) is 8.52. The van der Waals surface area contributed by atoms with E-state index >= 15 is 0 Å². The molecule has 0 spiro atoms. The van der Waals surface area contributed by atoms with E-state index in [1.807, 2.05) is 13.8 Å². The van der Waals surface area contributed by atoms with E-state index in [0.29, 0.717) is 13.1 Å². The third kappa shape index (κ3) is 4.73. The highest BCUT2D eigenvalue weighted by Gasteiger charge is 2.34. The molecular weight excluding hydrogens is 218 g/mol. The Morgan fingerprint density at radius 1 is 0.882 bits per heavy atom.